The molecule has 1 aliphatic rings. The number of nitrogens with zero attached hydrogens (tertiary/aromatic N) is 5. The van der Waals surface area contributed by atoms with Crippen LogP contribution in [0, 0.1) is 6.92 Å². The predicted octanol–water partition coefficient (Wildman–Crippen LogP) is 1.58. The highest BCUT2D eigenvalue weighted by Gasteiger charge is 2.26. The molecule has 0 amide bonds. The maximum Gasteiger partial charge on any atom is 0.318 e. The van der Waals surface area contributed by atoms with Gasteiger partial charge < -0.3 is 9.64 Å². The standard InChI is InChI=1S/C14H17N5O/c1-10-7-13(18-14(17-10)20-2)19-6-3-11(9-19)12-8-15-4-5-16-12/h4-5,7-8,11H,3,6,9H2,1-2H3. The Balaban J connectivity index is 1.79. The van der Waals surface area contributed by atoms with Crippen LogP contribution in [0.4, 0.5) is 5.82 Å². The van der Waals surface area contributed by atoms with Gasteiger partial charge in [-0.15, -0.1) is 0 Å². The Morgan fingerprint density at radius 3 is 2.95 bits per heavy atom. The van der Waals surface area contributed by atoms with Crippen molar-refractivity contribution >= 4 is 5.82 Å². The van der Waals surface area contributed by atoms with E-state index in [1.54, 1.807) is 19.5 Å². The Morgan fingerprint density at radius 1 is 1.30 bits per heavy atom. The number of methoxy groups -OCH3 is 1. The van der Waals surface area contributed by atoms with Crippen LogP contribution in [0.3, 0.4) is 0 Å². The lowest BCUT2D eigenvalue weighted by molar-refractivity contribution is 0.379. The van der Waals surface area contributed by atoms with Crippen LogP contribution in [0.15, 0.2) is 24.7 Å². The second-order valence-corrected chi connectivity index (χ2v) is 4.92. The first-order valence-electron chi connectivity index (χ1n) is 6.67. The zero-order valence-corrected chi connectivity index (χ0v) is 11.7. The molecule has 104 valence electrons. The Kier molecular flexibility index (Phi) is 3.45. The van der Waals surface area contributed by atoms with Crippen molar-refractivity contribution in [1.29, 1.82) is 0 Å². The first-order valence-corrected chi connectivity index (χ1v) is 6.67. The summed E-state index contributed by atoms with van der Waals surface area (Å²) in [5.41, 5.74) is 1.96. The van der Waals surface area contributed by atoms with Gasteiger partial charge in [-0.2, -0.15) is 4.98 Å². The van der Waals surface area contributed by atoms with Gasteiger partial charge in [0.1, 0.15) is 5.82 Å². The largest absolute Gasteiger partial charge is 0.467 e. The van der Waals surface area contributed by atoms with Gasteiger partial charge >= 0.3 is 6.01 Å². The molecule has 20 heavy (non-hydrogen) atoms. The van der Waals surface area contributed by atoms with Crippen LogP contribution in [-0.4, -0.2) is 40.1 Å². The molecular formula is C14H17N5O. The maximum absolute atomic E-state index is 5.14. The van der Waals surface area contributed by atoms with Crippen LogP contribution in [-0.2, 0) is 0 Å². The first kappa shape index (κ1) is 12.8. The number of rotatable bonds is 3. The van der Waals surface area contributed by atoms with Gasteiger partial charge in [-0.05, 0) is 13.3 Å². The van der Waals surface area contributed by atoms with Gasteiger partial charge in [-0.3, -0.25) is 9.97 Å². The van der Waals surface area contributed by atoms with E-state index in [4.69, 9.17) is 4.74 Å². The fourth-order valence-corrected chi connectivity index (χ4v) is 2.51. The van der Waals surface area contributed by atoms with Crippen molar-refractivity contribution in [3.63, 3.8) is 0 Å². The summed E-state index contributed by atoms with van der Waals surface area (Å²) in [6.07, 6.45) is 6.36. The minimum absolute atomic E-state index is 0.407. The number of aryl methyl sites for hydroxylation is 1. The van der Waals surface area contributed by atoms with Crippen LogP contribution < -0.4 is 9.64 Å². The summed E-state index contributed by atoms with van der Waals surface area (Å²) in [6, 6.07) is 2.41. The first-order chi connectivity index (χ1) is 9.76. The summed E-state index contributed by atoms with van der Waals surface area (Å²) in [6.45, 7) is 3.81. The smallest absolute Gasteiger partial charge is 0.318 e. The molecule has 1 atom stereocenters. The minimum atomic E-state index is 0.407. The molecule has 6 nitrogen and oxygen atoms in total. The summed E-state index contributed by atoms with van der Waals surface area (Å²) in [5.74, 6) is 1.32. The van der Waals surface area contributed by atoms with E-state index in [1.165, 1.54) is 0 Å². The molecule has 3 heterocycles. The van der Waals surface area contributed by atoms with E-state index in [-0.39, 0.29) is 0 Å². The van der Waals surface area contributed by atoms with Gasteiger partial charge in [0.25, 0.3) is 0 Å². The van der Waals surface area contributed by atoms with Gasteiger partial charge in [0.05, 0.1) is 12.8 Å². The number of anilines is 1. The molecule has 0 bridgehead atoms. The van der Waals surface area contributed by atoms with Crippen LogP contribution in [0.2, 0.25) is 0 Å². The van der Waals surface area contributed by atoms with Gasteiger partial charge in [-0.1, -0.05) is 0 Å². The number of hydrogen-bond acceptors (Lipinski definition) is 6. The number of ether oxygens (including phenoxy) is 1. The van der Waals surface area contributed by atoms with E-state index in [2.05, 4.69) is 24.8 Å². The molecule has 1 unspecified atom stereocenters. The van der Waals surface area contributed by atoms with Crippen molar-refractivity contribution in [2.45, 2.75) is 19.3 Å². The molecule has 0 aromatic carbocycles. The SMILES string of the molecule is COc1nc(C)cc(N2CCC(c3cnccn3)C2)n1. The third-order valence-corrected chi connectivity index (χ3v) is 3.52. The zero-order valence-electron chi connectivity index (χ0n) is 11.7. The second kappa shape index (κ2) is 5.40. The zero-order chi connectivity index (χ0) is 13.9. The molecule has 2 aromatic rings. The van der Waals surface area contributed by atoms with Crippen molar-refractivity contribution in [2.24, 2.45) is 0 Å². The number of hydrogen-bond donors (Lipinski definition) is 0. The Morgan fingerprint density at radius 2 is 2.20 bits per heavy atom. The van der Waals surface area contributed by atoms with Crippen LogP contribution >= 0.6 is 0 Å². The molecule has 0 N–H and O–H groups in total. The van der Waals surface area contributed by atoms with Crippen LogP contribution in [0.1, 0.15) is 23.7 Å². The highest BCUT2D eigenvalue weighted by atomic mass is 16.5. The molecule has 1 saturated heterocycles. The lowest BCUT2D eigenvalue weighted by Gasteiger charge is -2.18. The predicted molar refractivity (Wildman–Crippen MR) is 74.9 cm³/mol. The molecular weight excluding hydrogens is 254 g/mol. The summed E-state index contributed by atoms with van der Waals surface area (Å²) in [5, 5.41) is 0. The Hall–Kier alpha value is -2.24. The summed E-state index contributed by atoms with van der Waals surface area (Å²) in [7, 11) is 1.59. The summed E-state index contributed by atoms with van der Waals surface area (Å²) in [4.78, 5) is 19.4. The fourth-order valence-electron chi connectivity index (χ4n) is 2.51. The van der Waals surface area contributed by atoms with E-state index in [1.807, 2.05) is 19.2 Å². The van der Waals surface area contributed by atoms with Crippen molar-refractivity contribution in [2.75, 3.05) is 25.1 Å². The molecule has 1 fully saturated rings. The molecule has 0 radical (unpaired) electrons. The molecule has 3 rings (SSSR count). The molecule has 1 aliphatic heterocycles. The van der Waals surface area contributed by atoms with E-state index in [0.29, 0.717) is 11.9 Å². The van der Waals surface area contributed by atoms with Gasteiger partial charge in [0, 0.05) is 49.4 Å². The van der Waals surface area contributed by atoms with Crippen molar-refractivity contribution in [3.05, 3.63) is 36.0 Å². The lowest BCUT2D eigenvalue weighted by atomic mass is 10.1. The van der Waals surface area contributed by atoms with Crippen LogP contribution in [0.25, 0.3) is 0 Å². The topological polar surface area (TPSA) is 64.0 Å². The minimum Gasteiger partial charge on any atom is -0.467 e. The molecule has 0 saturated carbocycles. The molecule has 0 spiro atoms. The van der Waals surface area contributed by atoms with E-state index in [9.17, 15) is 0 Å². The lowest BCUT2D eigenvalue weighted by Crippen LogP contribution is -2.21. The number of aromatic nitrogens is 4. The third-order valence-electron chi connectivity index (χ3n) is 3.52. The highest BCUT2D eigenvalue weighted by molar-refractivity contribution is 5.42. The highest BCUT2D eigenvalue weighted by Crippen LogP contribution is 2.29. The average Bonchev–Trinajstić information content (AvgIpc) is 2.97. The third kappa shape index (κ3) is 2.54. The summed E-state index contributed by atoms with van der Waals surface area (Å²) >= 11 is 0. The van der Waals surface area contributed by atoms with Crippen molar-refractivity contribution < 1.29 is 4.74 Å². The van der Waals surface area contributed by atoms with Crippen molar-refractivity contribution in [3.8, 4) is 6.01 Å². The summed E-state index contributed by atoms with van der Waals surface area (Å²) < 4.78 is 5.14. The molecule has 2 aromatic heterocycles. The second-order valence-electron chi connectivity index (χ2n) is 4.92. The van der Waals surface area contributed by atoms with E-state index < -0.39 is 0 Å². The van der Waals surface area contributed by atoms with Gasteiger partial charge in [-0.25, -0.2) is 4.98 Å². The van der Waals surface area contributed by atoms with Gasteiger partial charge in [0.15, 0.2) is 0 Å². The van der Waals surface area contributed by atoms with Gasteiger partial charge in [0.2, 0.25) is 0 Å². The van der Waals surface area contributed by atoms with E-state index >= 15 is 0 Å². The Bertz CT molecular complexity index is 589. The Labute approximate surface area is 117 Å². The molecule has 0 aliphatic carbocycles. The fraction of sp³-hybridized carbons (Fsp3) is 0.429. The monoisotopic (exact) mass is 271 g/mol. The quantitative estimate of drug-likeness (QED) is 0.844. The average molecular weight is 271 g/mol. The van der Waals surface area contributed by atoms with Crippen LogP contribution in [0.5, 0.6) is 6.01 Å². The molecule has 6 heteroatoms. The van der Waals surface area contributed by atoms with E-state index in [0.717, 1.165) is 36.7 Å². The normalized spacial score (nSPS) is 18.3. The van der Waals surface area contributed by atoms with Crippen molar-refractivity contribution in [1.82, 2.24) is 19.9 Å². The maximum atomic E-state index is 5.14.